The normalized spacial score (nSPS) is 11.1. The number of nitrogens with one attached hydrogen (secondary N) is 1. The van der Waals surface area contributed by atoms with Gasteiger partial charge in [0.1, 0.15) is 17.0 Å². The second-order valence-electron chi connectivity index (χ2n) is 7.24. The number of imidazole rings is 1. The summed E-state index contributed by atoms with van der Waals surface area (Å²) >= 11 is 0. The first-order valence-electron chi connectivity index (χ1n) is 9.85. The fraction of sp³-hybridized carbons (Fsp3) is 0.261. The Balaban J connectivity index is 1.72. The smallest absolute Gasteiger partial charge is 0.166 e. The topological polar surface area (TPSA) is 74.1 Å². The third-order valence-electron chi connectivity index (χ3n) is 4.94. The molecule has 0 radical (unpaired) electrons. The van der Waals surface area contributed by atoms with Crippen LogP contribution in [0.2, 0.25) is 0 Å². The molecule has 0 saturated heterocycles. The predicted octanol–water partition coefficient (Wildman–Crippen LogP) is 4.70. The third kappa shape index (κ3) is 3.91. The number of nitrogens with zero attached hydrogens (tertiary/aromatic N) is 4. The molecule has 2 aromatic heterocycles. The lowest BCUT2D eigenvalue weighted by Gasteiger charge is -2.12. The van der Waals surface area contributed by atoms with Crippen molar-refractivity contribution in [2.75, 3.05) is 19.5 Å². The minimum Gasteiger partial charge on any atom is -0.497 e. The molecule has 7 heteroatoms. The SMILES string of the molecule is COc1ccc(CNc2nc(-c3ccc(OC)cc3)nc3c2ncn3C(C)C)cc1. The summed E-state index contributed by atoms with van der Waals surface area (Å²) in [5.41, 5.74) is 3.61. The molecule has 0 saturated carbocycles. The molecule has 0 atom stereocenters. The molecular weight excluding hydrogens is 378 g/mol. The number of hydrogen-bond donors (Lipinski definition) is 1. The molecule has 0 aliphatic rings. The van der Waals surface area contributed by atoms with Crippen LogP contribution in [0.5, 0.6) is 11.5 Å². The van der Waals surface area contributed by atoms with Gasteiger partial charge in [-0.25, -0.2) is 15.0 Å². The van der Waals surface area contributed by atoms with Gasteiger partial charge < -0.3 is 19.4 Å². The van der Waals surface area contributed by atoms with Crippen LogP contribution < -0.4 is 14.8 Å². The lowest BCUT2D eigenvalue weighted by molar-refractivity contribution is 0.414. The lowest BCUT2D eigenvalue weighted by atomic mass is 10.2. The summed E-state index contributed by atoms with van der Waals surface area (Å²) in [5.74, 6) is 2.98. The zero-order valence-electron chi connectivity index (χ0n) is 17.6. The van der Waals surface area contributed by atoms with Crippen molar-refractivity contribution in [3.05, 3.63) is 60.4 Å². The van der Waals surface area contributed by atoms with E-state index in [2.05, 4.69) is 28.7 Å². The van der Waals surface area contributed by atoms with Crippen molar-refractivity contribution >= 4 is 17.0 Å². The Morgan fingerprint density at radius 2 is 1.53 bits per heavy atom. The van der Waals surface area contributed by atoms with E-state index in [0.717, 1.165) is 33.8 Å². The third-order valence-corrected chi connectivity index (χ3v) is 4.94. The molecule has 0 aliphatic carbocycles. The summed E-state index contributed by atoms with van der Waals surface area (Å²) in [7, 11) is 3.32. The summed E-state index contributed by atoms with van der Waals surface area (Å²) in [6.07, 6.45) is 1.82. The van der Waals surface area contributed by atoms with Crippen LogP contribution >= 0.6 is 0 Å². The van der Waals surface area contributed by atoms with E-state index in [1.165, 1.54) is 0 Å². The van der Waals surface area contributed by atoms with Gasteiger partial charge in [-0.1, -0.05) is 12.1 Å². The van der Waals surface area contributed by atoms with Gasteiger partial charge >= 0.3 is 0 Å². The molecule has 4 aromatic rings. The average molecular weight is 403 g/mol. The Kier molecular flexibility index (Phi) is 5.52. The van der Waals surface area contributed by atoms with Crippen molar-refractivity contribution in [3.8, 4) is 22.9 Å². The second-order valence-corrected chi connectivity index (χ2v) is 7.24. The molecule has 4 rings (SSSR count). The van der Waals surface area contributed by atoms with Gasteiger partial charge in [-0.15, -0.1) is 0 Å². The quantitative estimate of drug-likeness (QED) is 0.482. The molecule has 0 aliphatic heterocycles. The fourth-order valence-corrected chi connectivity index (χ4v) is 3.22. The van der Waals surface area contributed by atoms with Gasteiger partial charge in [0, 0.05) is 18.2 Å². The highest BCUT2D eigenvalue weighted by Crippen LogP contribution is 2.27. The summed E-state index contributed by atoms with van der Waals surface area (Å²) in [6, 6.07) is 15.9. The summed E-state index contributed by atoms with van der Waals surface area (Å²) in [5, 5.41) is 3.43. The standard InChI is InChI=1S/C23H25N5O2/c1-15(2)28-14-25-20-22(24-13-16-5-9-18(29-3)10-6-16)26-21(27-23(20)28)17-7-11-19(30-4)12-8-17/h5-12,14-15H,13H2,1-4H3,(H,24,26,27). The highest BCUT2D eigenvalue weighted by Gasteiger charge is 2.16. The van der Waals surface area contributed by atoms with Gasteiger partial charge in [-0.05, 0) is 55.8 Å². The van der Waals surface area contributed by atoms with Gasteiger partial charge in [-0.3, -0.25) is 0 Å². The van der Waals surface area contributed by atoms with Crippen LogP contribution in [0.15, 0.2) is 54.9 Å². The predicted molar refractivity (Wildman–Crippen MR) is 118 cm³/mol. The Hall–Kier alpha value is -3.61. The van der Waals surface area contributed by atoms with Crippen molar-refractivity contribution in [3.63, 3.8) is 0 Å². The van der Waals surface area contributed by atoms with Crippen molar-refractivity contribution in [1.29, 1.82) is 0 Å². The molecule has 1 N–H and O–H groups in total. The van der Waals surface area contributed by atoms with Crippen LogP contribution in [0.4, 0.5) is 5.82 Å². The second kappa shape index (κ2) is 8.41. The van der Waals surface area contributed by atoms with Gasteiger partial charge in [0.2, 0.25) is 0 Å². The monoisotopic (exact) mass is 403 g/mol. The van der Waals surface area contributed by atoms with E-state index in [9.17, 15) is 0 Å². The van der Waals surface area contributed by atoms with Gasteiger partial charge in [-0.2, -0.15) is 0 Å². The van der Waals surface area contributed by atoms with Crippen molar-refractivity contribution in [2.24, 2.45) is 0 Å². The van der Waals surface area contributed by atoms with Crippen molar-refractivity contribution < 1.29 is 9.47 Å². The number of rotatable bonds is 7. The minimum atomic E-state index is 0.239. The molecular formula is C23H25N5O2. The lowest BCUT2D eigenvalue weighted by Crippen LogP contribution is -2.06. The molecule has 0 spiro atoms. The number of hydrogen-bond acceptors (Lipinski definition) is 6. The van der Waals surface area contributed by atoms with Crippen LogP contribution in [0, 0.1) is 0 Å². The summed E-state index contributed by atoms with van der Waals surface area (Å²) in [4.78, 5) is 14.2. The van der Waals surface area contributed by atoms with Crippen LogP contribution in [-0.2, 0) is 6.54 Å². The molecule has 2 heterocycles. The van der Waals surface area contributed by atoms with E-state index >= 15 is 0 Å². The highest BCUT2D eigenvalue weighted by atomic mass is 16.5. The zero-order chi connectivity index (χ0) is 21.1. The first kappa shape index (κ1) is 19.7. The van der Waals surface area contributed by atoms with Crippen LogP contribution in [-0.4, -0.2) is 33.7 Å². The molecule has 0 amide bonds. The van der Waals surface area contributed by atoms with Gasteiger partial charge in [0.25, 0.3) is 0 Å². The van der Waals surface area contributed by atoms with Crippen LogP contribution in [0.25, 0.3) is 22.6 Å². The van der Waals surface area contributed by atoms with E-state index in [0.29, 0.717) is 18.2 Å². The molecule has 0 unspecified atom stereocenters. The Bertz CT molecular complexity index is 1130. The largest absolute Gasteiger partial charge is 0.497 e. The molecule has 154 valence electrons. The van der Waals surface area contributed by atoms with E-state index < -0.39 is 0 Å². The van der Waals surface area contributed by atoms with E-state index in [4.69, 9.17) is 19.4 Å². The van der Waals surface area contributed by atoms with Gasteiger partial charge in [0.05, 0.1) is 20.5 Å². The molecule has 30 heavy (non-hydrogen) atoms. The first-order valence-corrected chi connectivity index (χ1v) is 9.85. The molecule has 0 fully saturated rings. The number of benzene rings is 2. The Morgan fingerprint density at radius 3 is 2.13 bits per heavy atom. The number of fused-ring (bicyclic) bond motifs is 1. The maximum atomic E-state index is 5.27. The fourth-order valence-electron chi connectivity index (χ4n) is 3.22. The minimum absolute atomic E-state index is 0.239. The Morgan fingerprint density at radius 1 is 0.900 bits per heavy atom. The maximum Gasteiger partial charge on any atom is 0.166 e. The van der Waals surface area contributed by atoms with E-state index in [1.807, 2.05) is 54.9 Å². The maximum absolute atomic E-state index is 5.27. The van der Waals surface area contributed by atoms with Crippen LogP contribution in [0.3, 0.4) is 0 Å². The molecule has 0 bridgehead atoms. The van der Waals surface area contributed by atoms with Crippen LogP contribution in [0.1, 0.15) is 25.5 Å². The van der Waals surface area contributed by atoms with E-state index in [1.54, 1.807) is 14.2 Å². The number of anilines is 1. The van der Waals surface area contributed by atoms with Crippen molar-refractivity contribution in [1.82, 2.24) is 19.5 Å². The molecule has 2 aromatic carbocycles. The Labute approximate surface area is 175 Å². The molecule has 7 nitrogen and oxygen atoms in total. The number of aromatic nitrogens is 4. The average Bonchev–Trinajstić information content (AvgIpc) is 3.22. The number of methoxy groups -OCH3 is 2. The summed E-state index contributed by atoms with van der Waals surface area (Å²) in [6.45, 7) is 4.84. The zero-order valence-corrected chi connectivity index (χ0v) is 17.6. The van der Waals surface area contributed by atoms with Crippen molar-refractivity contribution in [2.45, 2.75) is 26.4 Å². The number of ether oxygens (including phenoxy) is 2. The highest BCUT2D eigenvalue weighted by molar-refractivity contribution is 5.85. The van der Waals surface area contributed by atoms with E-state index in [-0.39, 0.29) is 6.04 Å². The van der Waals surface area contributed by atoms with Gasteiger partial charge in [0.15, 0.2) is 17.3 Å². The first-order chi connectivity index (χ1) is 14.6. The summed E-state index contributed by atoms with van der Waals surface area (Å²) < 4.78 is 12.6.